The van der Waals surface area contributed by atoms with Gasteiger partial charge in [0.25, 0.3) is 0 Å². The van der Waals surface area contributed by atoms with Gasteiger partial charge < -0.3 is 40.7 Å². The maximum atomic E-state index is 14.8. The van der Waals surface area contributed by atoms with Crippen molar-refractivity contribution >= 4 is 23.7 Å². The quantitative estimate of drug-likeness (QED) is 0.206. The molecule has 208 valence electrons. The summed E-state index contributed by atoms with van der Waals surface area (Å²) in [5.74, 6) is -2.98. The third-order valence-electron chi connectivity index (χ3n) is 5.24. The number of anilines is 1. The number of carbonyl (C=O) groups is 3. The lowest BCUT2D eigenvalue weighted by Gasteiger charge is -2.23. The SMILES string of the molecule is CC(=O)NCCCCC(NC(=O)OC(C)(C)C)C(=O)Nc1nc(=O)n([C@@H]2O[C@H](CO)[C@@H](O)[C@H]2O)cc1F. The second-order valence-corrected chi connectivity index (χ2v) is 9.52. The van der Waals surface area contributed by atoms with E-state index < -0.39 is 72.1 Å². The highest BCUT2D eigenvalue weighted by Gasteiger charge is 2.44. The molecule has 1 fully saturated rings. The Morgan fingerprint density at radius 1 is 1.24 bits per heavy atom. The summed E-state index contributed by atoms with van der Waals surface area (Å²) in [5.41, 5.74) is -1.96. The van der Waals surface area contributed by atoms with E-state index in [4.69, 9.17) is 9.47 Å². The van der Waals surface area contributed by atoms with E-state index >= 15 is 0 Å². The minimum atomic E-state index is -1.64. The Morgan fingerprint density at radius 3 is 2.49 bits per heavy atom. The molecule has 5 atom stereocenters. The zero-order valence-corrected chi connectivity index (χ0v) is 21.1. The van der Waals surface area contributed by atoms with Crippen molar-refractivity contribution in [1.29, 1.82) is 0 Å². The number of aliphatic hydroxyl groups excluding tert-OH is 3. The Bertz CT molecular complexity index is 1030. The maximum absolute atomic E-state index is 14.8. The number of aliphatic hydroxyl groups is 3. The lowest BCUT2D eigenvalue weighted by Crippen LogP contribution is -2.46. The average molecular weight is 532 g/mol. The lowest BCUT2D eigenvalue weighted by atomic mass is 10.1. The smallest absolute Gasteiger partial charge is 0.408 e. The van der Waals surface area contributed by atoms with Gasteiger partial charge in [-0.3, -0.25) is 14.2 Å². The Hall–Kier alpha value is -3.14. The summed E-state index contributed by atoms with van der Waals surface area (Å²) in [6.07, 6.45) is -5.13. The molecule has 1 unspecified atom stereocenters. The molecule has 0 radical (unpaired) electrons. The predicted molar refractivity (Wildman–Crippen MR) is 126 cm³/mol. The highest BCUT2D eigenvalue weighted by molar-refractivity contribution is 5.95. The van der Waals surface area contributed by atoms with Gasteiger partial charge in [-0.1, -0.05) is 0 Å². The summed E-state index contributed by atoms with van der Waals surface area (Å²) >= 11 is 0. The van der Waals surface area contributed by atoms with Crippen molar-refractivity contribution in [3.63, 3.8) is 0 Å². The van der Waals surface area contributed by atoms with Gasteiger partial charge in [0.05, 0.1) is 12.8 Å². The molecule has 37 heavy (non-hydrogen) atoms. The predicted octanol–water partition coefficient (Wildman–Crippen LogP) is -0.868. The number of hydrogen-bond acceptors (Lipinski definition) is 10. The number of alkyl carbamates (subject to hydrolysis) is 1. The van der Waals surface area contributed by atoms with E-state index in [9.17, 15) is 38.9 Å². The van der Waals surface area contributed by atoms with Crippen LogP contribution in [0.3, 0.4) is 0 Å². The molecule has 1 aromatic rings. The van der Waals surface area contributed by atoms with Gasteiger partial charge >= 0.3 is 11.8 Å². The van der Waals surface area contributed by atoms with E-state index in [1.54, 1.807) is 20.8 Å². The van der Waals surface area contributed by atoms with Gasteiger partial charge in [-0.15, -0.1) is 0 Å². The first-order valence-electron chi connectivity index (χ1n) is 11.7. The molecule has 1 aliphatic heterocycles. The molecule has 0 bridgehead atoms. The molecule has 1 aromatic heterocycles. The number of halogens is 1. The monoisotopic (exact) mass is 531 g/mol. The Kier molecular flexibility index (Phi) is 10.5. The first-order valence-corrected chi connectivity index (χ1v) is 11.7. The Balaban J connectivity index is 2.16. The molecule has 1 aliphatic rings. The first kappa shape index (κ1) is 30.1. The maximum Gasteiger partial charge on any atom is 0.408 e. The fourth-order valence-corrected chi connectivity index (χ4v) is 3.49. The number of nitrogens with one attached hydrogen (secondary N) is 3. The van der Waals surface area contributed by atoms with E-state index in [-0.39, 0.29) is 12.3 Å². The Morgan fingerprint density at radius 2 is 1.92 bits per heavy atom. The number of rotatable bonds is 10. The van der Waals surface area contributed by atoms with E-state index in [0.717, 1.165) is 0 Å². The number of amides is 3. The summed E-state index contributed by atoms with van der Waals surface area (Å²) in [6.45, 7) is 5.97. The van der Waals surface area contributed by atoms with Crippen LogP contribution in [-0.4, -0.2) is 85.9 Å². The second kappa shape index (κ2) is 12.9. The van der Waals surface area contributed by atoms with Crippen molar-refractivity contribution in [2.24, 2.45) is 0 Å². The van der Waals surface area contributed by atoms with Crippen molar-refractivity contribution in [2.75, 3.05) is 18.5 Å². The molecular formula is C22H34FN5O9. The van der Waals surface area contributed by atoms with Crippen LogP contribution < -0.4 is 21.6 Å². The Labute approximate surface area is 212 Å². The van der Waals surface area contributed by atoms with Gasteiger partial charge in [0.15, 0.2) is 17.9 Å². The van der Waals surface area contributed by atoms with Crippen LogP contribution in [0, 0.1) is 5.82 Å². The van der Waals surface area contributed by atoms with Crippen LogP contribution in [0.5, 0.6) is 0 Å². The fraction of sp³-hybridized carbons (Fsp3) is 0.682. The van der Waals surface area contributed by atoms with E-state index in [2.05, 4.69) is 20.9 Å². The summed E-state index contributed by atoms with van der Waals surface area (Å²) in [5, 5.41) is 36.3. The number of ether oxygens (including phenoxy) is 2. The van der Waals surface area contributed by atoms with Crippen LogP contribution in [0.25, 0.3) is 0 Å². The lowest BCUT2D eigenvalue weighted by molar-refractivity contribution is -0.119. The molecule has 0 spiro atoms. The largest absolute Gasteiger partial charge is 0.444 e. The van der Waals surface area contributed by atoms with E-state index in [1.165, 1.54) is 6.92 Å². The van der Waals surface area contributed by atoms with Crippen LogP contribution >= 0.6 is 0 Å². The first-order chi connectivity index (χ1) is 17.2. The highest BCUT2D eigenvalue weighted by Crippen LogP contribution is 2.28. The van der Waals surface area contributed by atoms with Gasteiger partial charge in [-0.25, -0.2) is 14.0 Å². The van der Waals surface area contributed by atoms with Crippen LogP contribution in [0.1, 0.15) is 53.2 Å². The van der Waals surface area contributed by atoms with Crippen LogP contribution in [0.4, 0.5) is 15.0 Å². The van der Waals surface area contributed by atoms with Gasteiger partial charge in [-0.2, -0.15) is 4.98 Å². The molecule has 6 N–H and O–H groups in total. The van der Waals surface area contributed by atoms with Crippen molar-refractivity contribution < 1.29 is 43.6 Å². The summed E-state index contributed by atoms with van der Waals surface area (Å²) in [4.78, 5) is 52.1. The number of hydrogen-bond donors (Lipinski definition) is 6. The van der Waals surface area contributed by atoms with Gasteiger partial charge in [0.1, 0.15) is 30.0 Å². The summed E-state index contributed by atoms with van der Waals surface area (Å²) < 4.78 is 25.8. The topological polar surface area (TPSA) is 201 Å². The van der Waals surface area contributed by atoms with Crippen molar-refractivity contribution in [3.05, 3.63) is 22.5 Å². The number of carbonyl (C=O) groups excluding carboxylic acids is 3. The molecule has 2 rings (SSSR count). The molecule has 15 heteroatoms. The van der Waals surface area contributed by atoms with Gasteiger partial charge in [0, 0.05) is 13.5 Å². The molecule has 2 heterocycles. The molecule has 3 amide bonds. The molecule has 14 nitrogen and oxygen atoms in total. The van der Waals surface area contributed by atoms with Crippen LogP contribution in [0.2, 0.25) is 0 Å². The van der Waals surface area contributed by atoms with Crippen molar-refractivity contribution in [1.82, 2.24) is 20.2 Å². The highest BCUT2D eigenvalue weighted by atomic mass is 19.1. The fourth-order valence-electron chi connectivity index (χ4n) is 3.49. The molecule has 0 aromatic carbocycles. The number of unbranched alkanes of at least 4 members (excludes halogenated alkanes) is 1. The van der Waals surface area contributed by atoms with E-state index in [0.29, 0.717) is 30.2 Å². The van der Waals surface area contributed by atoms with Gasteiger partial charge in [-0.05, 0) is 40.0 Å². The van der Waals surface area contributed by atoms with E-state index in [1.807, 2.05) is 0 Å². The second-order valence-electron chi connectivity index (χ2n) is 9.52. The summed E-state index contributed by atoms with van der Waals surface area (Å²) in [6, 6.07) is -1.18. The van der Waals surface area contributed by atoms with Gasteiger partial charge in [0.2, 0.25) is 11.8 Å². The van der Waals surface area contributed by atoms with Crippen LogP contribution in [-0.2, 0) is 19.1 Å². The minimum absolute atomic E-state index is 0.103. The standard InChI is InChI=1S/C22H34FN5O9/c1-11(30)24-8-6-5-7-13(25-21(35)37-22(2,3)4)18(33)26-17-12(23)9-28(20(34)27-17)19-16(32)15(31)14(10-29)36-19/h9,13-16,19,29,31-32H,5-8,10H2,1-4H3,(H,24,30)(H,25,35)(H,26,27,33,34)/t13?,14-,15-,16-,19-/m1/s1. The number of aromatic nitrogens is 2. The third-order valence-corrected chi connectivity index (χ3v) is 5.24. The molecule has 0 saturated carbocycles. The minimum Gasteiger partial charge on any atom is -0.444 e. The third kappa shape index (κ3) is 8.73. The van der Waals surface area contributed by atoms with Crippen LogP contribution in [0.15, 0.2) is 11.0 Å². The molecular weight excluding hydrogens is 497 g/mol. The molecule has 1 saturated heterocycles. The zero-order chi connectivity index (χ0) is 27.9. The number of nitrogens with zero attached hydrogens (tertiary/aromatic N) is 2. The zero-order valence-electron chi connectivity index (χ0n) is 21.1. The van der Waals surface area contributed by atoms with Crippen molar-refractivity contribution in [2.45, 2.75) is 83.1 Å². The average Bonchev–Trinajstić information content (AvgIpc) is 3.07. The molecule has 0 aliphatic carbocycles. The normalized spacial score (nSPS) is 22.3. The summed E-state index contributed by atoms with van der Waals surface area (Å²) in [7, 11) is 0. The van der Waals surface area contributed by atoms with Crippen molar-refractivity contribution in [3.8, 4) is 0 Å².